The summed E-state index contributed by atoms with van der Waals surface area (Å²) in [5.41, 5.74) is 0.352. The van der Waals surface area contributed by atoms with Gasteiger partial charge in [0, 0.05) is 0 Å². The van der Waals surface area contributed by atoms with Gasteiger partial charge in [0.05, 0.1) is 29.1 Å². The second kappa shape index (κ2) is 11.7. The molecular formula is C23H28Br2NO7P. The molecule has 2 aromatic rings. The fraction of sp³-hybridized carbons (Fsp3) is 0.391. The molecular weight excluding hydrogens is 593 g/mol. The Bertz CT molecular complexity index is 1070. The fourth-order valence-electron chi connectivity index (χ4n) is 2.92. The zero-order chi connectivity index (χ0) is 25.8. The summed E-state index contributed by atoms with van der Waals surface area (Å²) >= 11 is 6.77. The quantitative estimate of drug-likeness (QED) is 0.256. The highest BCUT2D eigenvalue weighted by atomic mass is 79.9. The molecule has 186 valence electrons. The number of amides is 1. The minimum absolute atomic E-state index is 0.0812. The Morgan fingerprint density at radius 1 is 1.09 bits per heavy atom. The Morgan fingerprint density at radius 3 is 2.18 bits per heavy atom. The third kappa shape index (κ3) is 7.07. The number of phenolic OH excluding ortho intramolecular Hbond substituents is 1. The molecule has 0 spiro atoms. The van der Waals surface area contributed by atoms with E-state index in [1.54, 1.807) is 39.8 Å². The smallest absolute Gasteiger partial charge is 0.329 e. The Balaban J connectivity index is 2.32. The number of phenols is 1. The third-order valence-electron chi connectivity index (χ3n) is 4.80. The number of hydrogen-bond donors (Lipinski definition) is 3. The van der Waals surface area contributed by atoms with Crippen molar-refractivity contribution in [2.45, 2.75) is 52.1 Å². The van der Waals surface area contributed by atoms with Crippen molar-refractivity contribution in [3.8, 4) is 17.2 Å². The summed E-state index contributed by atoms with van der Waals surface area (Å²) < 4.78 is 23.5. The molecule has 0 heterocycles. The molecule has 2 rings (SSSR count). The molecule has 0 aliphatic rings. The number of halogens is 2. The van der Waals surface area contributed by atoms with Crippen molar-refractivity contribution in [1.29, 1.82) is 0 Å². The Kier molecular flexibility index (Phi) is 9.77. The largest absolute Gasteiger partial charge is 0.507 e. The minimum atomic E-state index is -1.48. The molecule has 0 bridgehead atoms. The highest BCUT2D eigenvalue weighted by Crippen LogP contribution is 2.42. The molecule has 0 fully saturated rings. The van der Waals surface area contributed by atoms with Crippen molar-refractivity contribution in [2.75, 3.05) is 0 Å². The SMILES string of the molecule is CC(C)OC(=O)C(NC(=O)c1cc(Oc2c(Br)cc(C(C)(O)[PH2]=O)cc2Br)ccc1O)C(C)C. The van der Waals surface area contributed by atoms with Gasteiger partial charge in [-0.2, -0.15) is 0 Å². The number of carbonyl (C=O) groups is 2. The van der Waals surface area contributed by atoms with E-state index in [1.165, 1.54) is 25.1 Å². The van der Waals surface area contributed by atoms with E-state index in [1.807, 2.05) is 0 Å². The van der Waals surface area contributed by atoms with E-state index in [0.717, 1.165) is 0 Å². The summed E-state index contributed by atoms with van der Waals surface area (Å²) in [5.74, 6) is -1.16. The number of nitrogens with one attached hydrogen (secondary N) is 1. The highest BCUT2D eigenvalue weighted by Gasteiger charge is 2.28. The van der Waals surface area contributed by atoms with Crippen molar-refractivity contribution in [2.24, 2.45) is 5.92 Å². The first-order valence-corrected chi connectivity index (χ1v) is 13.1. The molecule has 8 nitrogen and oxygen atoms in total. The molecule has 11 heteroatoms. The van der Waals surface area contributed by atoms with Crippen LogP contribution < -0.4 is 10.1 Å². The second-order valence-electron chi connectivity index (χ2n) is 8.50. The molecule has 3 unspecified atom stereocenters. The average Bonchev–Trinajstić information content (AvgIpc) is 2.74. The summed E-state index contributed by atoms with van der Waals surface area (Å²) in [6, 6.07) is 6.41. The molecule has 0 aliphatic carbocycles. The van der Waals surface area contributed by atoms with Crippen molar-refractivity contribution in [1.82, 2.24) is 5.32 Å². The number of carbonyl (C=O) groups excluding carboxylic acids is 2. The van der Waals surface area contributed by atoms with Crippen LogP contribution in [0.5, 0.6) is 17.2 Å². The van der Waals surface area contributed by atoms with Gasteiger partial charge in [-0.3, -0.25) is 4.79 Å². The highest BCUT2D eigenvalue weighted by molar-refractivity contribution is 9.11. The van der Waals surface area contributed by atoms with Gasteiger partial charge < -0.3 is 29.6 Å². The van der Waals surface area contributed by atoms with Crippen LogP contribution >= 0.6 is 40.3 Å². The van der Waals surface area contributed by atoms with E-state index in [-0.39, 0.29) is 29.1 Å². The molecule has 3 atom stereocenters. The van der Waals surface area contributed by atoms with Gasteiger partial charge in [0.15, 0.2) is 5.75 Å². The van der Waals surface area contributed by atoms with E-state index in [0.29, 0.717) is 20.3 Å². The van der Waals surface area contributed by atoms with Gasteiger partial charge in [-0.05, 0) is 94.4 Å². The zero-order valence-electron chi connectivity index (χ0n) is 19.4. The van der Waals surface area contributed by atoms with Crippen LogP contribution in [-0.2, 0) is 19.4 Å². The predicted octanol–water partition coefficient (Wildman–Crippen LogP) is 5.34. The first kappa shape index (κ1) is 28.4. The number of esters is 1. The van der Waals surface area contributed by atoms with Crippen LogP contribution in [0.3, 0.4) is 0 Å². The summed E-state index contributed by atoms with van der Waals surface area (Å²) in [6.45, 7) is 8.44. The van der Waals surface area contributed by atoms with E-state index >= 15 is 0 Å². The van der Waals surface area contributed by atoms with Crippen molar-refractivity contribution < 1.29 is 33.8 Å². The van der Waals surface area contributed by atoms with E-state index in [9.17, 15) is 24.4 Å². The maximum atomic E-state index is 12.9. The monoisotopic (exact) mass is 619 g/mol. The molecule has 0 aliphatic heterocycles. The lowest BCUT2D eigenvalue weighted by Gasteiger charge is -2.22. The van der Waals surface area contributed by atoms with Gasteiger partial charge in [-0.25, -0.2) is 4.79 Å². The number of benzene rings is 2. The standard InChI is InChI=1S/C23H28Br2NO7P/c1-11(2)19(22(29)32-12(3)4)26-21(28)15-10-14(6-7-18(15)27)33-20-16(24)8-13(9-17(20)25)23(5,30)34-31/h6-12,19,27,30H,34H2,1-5H3,(H,26,28). The van der Waals surface area contributed by atoms with E-state index < -0.39 is 31.7 Å². The van der Waals surface area contributed by atoms with Crippen LogP contribution in [-0.4, -0.2) is 34.2 Å². The molecule has 0 aromatic heterocycles. The lowest BCUT2D eigenvalue weighted by atomic mass is 10.0. The van der Waals surface area contributed by atoms with E-state index in [4.69, 9.17) is 9.47 Å². The molecule has 0 radical (unpaired) electrons. The van der Waals surface area contributed by atoms with Crippen molar-refractivity contribution in [3.05, 3.63) is 50.4 Å². The Labute approximate surface area is 216 Å². The first-order valence-electron chi connectivity index (χ1n) is 10.5. The number of aliphatic hydroxyl groups is 1. The Morgan fingerprint density at radius 2 is 1.68 bits per heavy atom. The van der Waals surface area contributed by atoms with Crippen molar-refractivity contribution >= 4 is 52.2 Å². The van der Waals surface area contributed by atoms with Crippen LogP contribution in [0.4, 0.5) is 0 Å². The zero-order valence-corrected chi connectivity index (χ0v) is 23.7. The van der Waals surface area contributed by atoms with Crippen LogP contribution in [0.2, 0.25) is 0 Å². The Hall–Kier alpha value is -1.87. The summed E-state index contributed by atoms with van der Waals surface area (Å²) in [5, 5.41) is 21.7. The molecule has 0 saturated carbocycles. The summed E-state index contributed by atoms with van der Waals surface area (Å²) in [6.07, 6.45) is -0.335. The van der Waals surface area contributed by atoms with Crippen LogP contribution in [0.15, 0.2) is 39.3 Å². The molecule has 2 aromatic carbocycles. The number of rotatable bonds is 9. The second-order valence-corrected chi connectivity index (χ2v) is 11.6. The first-order chi connectivity index (χ1) is 15.8. The number of aromatic hydroxyl groups is 1. The molecule has 1 amide bonds. The maximum absolute atomic E-state index is 12.9. The normalized spacial score (nSPS) is 14.3. The van der Waals surface area contributed by atoms with Gasteiger partial charge in [-0.1, -0.05) is 13.8 Å². The van der Waals surface area contributed by atoms with Gasteiger partial charge in [-0.15, -0.1) is 0 Å². The van der Waals surface area contributed by atoms with Gasteiger partial charge in [0.25, 0.3) is 5.91 Å². The lowest BCUT2D eigenvalue weighted by molar-refractivity contribution is -0.150. The van der Waals surface area contributed by atoms with Gasteiger partial charge >= 0.3 is 5.97 Å². The summed E-state index contributed by atoms with van der Waals surface area (Å²) in [4.78, 5) is 25.3. The lowest BCUT2D eigenvalue weighted by Crippen LogP contribution is -2.46. The van der Waals surface area contributed by atoms with Crippen LogP contribution in [0, 0.1) is 5.92 Å². The number of hydrogen-bond acceptors (Lipinski definition) is 7. The van der Waals surface area contributed by atoms with Crippen molar-refractivity contribution in [3.63, 3.8) is 0 Å². The fourth-order valence-corrected chi connectivity index (χ4v) is 4.57. The maximum Gasteiger partial charge on any atom is 0.329 e. The minimum Gasteiger partial charge on any atom is -0.507 e. The number of ether oxygens (including phenoxy) is 2. The van der Waals surface area contributed by atoms with Gasteiger partial charge in [0.1, 0.15) is 22.9 Å². The van der Waals surface area contributed by atoms with E-state index in [2.05, 4.69) is 37.2 Å². The average molecular weight is 621 g/mol. The summed E-state index contributed by atoms with van der Waals surface area (Å²) in [7, 11) is -1.48. The van der Waals surface area contributed by atoms with Gasteiger partial charge in [0.2, 0.25) is 0 Å². The predicted molar refractivity (Wildman–Crippen MR) is 137 cm³/mol. The molecule has 3 N–H and O–H groups in total. The van der Waals surface area contributed by atoms with Crippen LogP contribution in [0.25, 0.3) is 0 Å². The molecule has 34 heavy (non-hydrogen) atoms. The third-order valence-corrected chi connectivity index (χ3v) is 6.77. The molecule has 0 saturated heterocycles. The topological polar surface area (TPSA) is 122 Å². The van der Waals surface area contributed by atoms with Crippen LogP contribution in [0.1, 0.15) is 50.5 Å².